The average molecular weight is 442 g/mol. The van der Waals surface area contributed by atoms with Crippen LogP contribution in [0.15, 0.2) is 48.5 Å². The number of ether oxygens (including phenoxy) is 1. The predicted molar refractivity (Wildman–Crippen MR) is 120 cm³/mol. The van der Waals surface area contributed by atoms with Gasteiger partial charge in [-0.2, -0.15) is 0 Å². The fourth-order valence-electron chi connectivity index (χ4n) is 4.76. The lowest BCUT2D eigenvalue weighted by Crippen LogP contribution is -2.51. The molecule has 2 aliphatic heterocycles. The van der Waals surface area contributed by atoms with E-state index in [4.69, 9.17) is 16.3 Å². The summed E-state index contributed by atoms with van der Waals surface area (Å²) in [5, 5.41) is 6.57. The number of carbonyl (C=O) groups is 2. The first kappa shape index (κ1) is 21.7. The lowest BCUT2D eigenvalue weighted by molar-refractivity contribution is -0.121. The second-order valence-electron chi connectivity index (χ2n) is 8.33. The Kier molecular flexibility index (Phi) is 6.78. The van der Waals surface area contributed by atoms with E-state index in [1.807, 2.05) is 12.1 Å². The molecule has 0 saturated carbocycles. The van der Waals surface area contributed by atoms with Gasteiger partial charge in [-0.15, -0.1) is 0 Å². The van der Waals surface area contributed by atoms with Crippen molar-refractivity contribution in [3.8, 4) is 5.75 Å². The molecule has 2 aromatic rings. The monoisotopic (exact) mass is 441 g/mol. The summed E-state index contributed by atoms with van der Waals surface area (Å²) in [6.07, 6.45) is 4.22. The third kappa shape index (κ3) is 5.38. The molecule has 0 radical (unpaired) electrons. The quantitative estimate of drug-likeness (QED) is 0.691. The van der Waals surface area contributed by atoms with Gasteiger partial charge in [-0.25, -0.2) is 0 Å². The number of nitrogens with zero attached hydrogens (tertiary/aromatic N) is 1. The van der Waals surface area contributed by atoms with Crippen LogP contribution in [0.2, 0.25) is 5.02 Å². The van der Waals surface area contributed by atoms with Crippen molar-refractivity contribution in [1.29, 1.82) is 0 Å². The van der Waals surface area contributed by atoms with Gasteiger partial charge in [-0.3, -0.25) is 14.5 Å². The fraction of sp³-hybridized carbons (Fsp3) is 0.417. The number of methoxy groups -OCH3 is 1. The molecular formula is C24H28ClN3O3. The Morgan fingerprint density at radius 3 is 2.48 bits per heavy atom. The van der Waals surface area contributed by atoms with Gasteiger partial charge in [0.2, 0.25) is 5.91 Å². The topological polar surface area (TPSA) is 70.7 Å². The fourth-order valence-corrected chi connectivity index (χ4v) is 4.88. The summed E-state index contributed by atoms with van der Waals surface area (Å²) >= 11 is 6.00. The maximum absolute atomic E-state index is 12.4. The van der Waals surface area contributed by atoms with E-state index in [-0.39, 0.29) is 24.4 Å². The highest BCUT2D eigenvalue weighted by atomic mass is 35.5. The van der Waals surface area contributed by atoms with E-state index in [9.17, 15) is 9.59 Å². The summed E-state index contributed by atoms with van der Waals surface area (Å²) in [5.74, 6) is 0.177. The summed E-state index contributed by atoms with van der Waals surface area (Å²) in [5.41, 5.74) is 1.74. The first-order valence-corrected chi connectivity index (χ1v) is 11.1. The zero-order valence-corrected chi connectivity index (χ0v) is 18.4. The Bertz CT molecular complexity index is 920. The third-order valence-corrected chi connectivity index (χ3v) is 6.52. The standard InChI is InChI=1S/C24H28ClN3O3/c1-31-22-4-2-3-17(11-22)24(30)26-14-23(29)27-19-12-20-9-10-21(13-19)28(20)15-16-5-7-18(25)8-6-16/h2-8,11,19-21H,9-10,12-15H2,1H3,(H,26,30)(H,27,29). The minimum Gasteiger partial charge on any atom is -0.497 e. The van der Waals surface area contributed by atoms with Crippen LogP contribution >= 0.6 is 11.6 Å². The van der Waals surface area contributed by atoms with Crippen molar-refractivity contribution < 1.29 is 14.3 Å². The molecule has 7 heteroatoms. The molecule has 0 aromatic heterocycles. The summed E-state index contributed by atoms with van der Waals surface area (Å²) in [6.45, 7) is 0.889. The van der Waals surface area contributed by atoms with Gasteiger partial charge in [0, 0.05) is 35.3 Å². The number of amides is 2. The summed E-state index contributed by atoms with van der Waals surface area (Å²) in [7, 11) is 1.55. The average Bonchev–Trinajstić information content (AvgIpc) is 3.01. The lowest BCUT2D eigenvalue weighted by Gasteiger charge is -2.39. The molecule has 2 amide bonds. The van der Waals surface area contributed by atoms with Crippen molar-refractivity contribution in [2.45, 2.75) is 50.4 Å². The molecule has 0 aliphatic carbocycles. The molecule has 2 N–H and O–H groups in total. The number of piperidine rings is 1. The molecule has 6 nitrogen and oxygen atoms in total. The minimum absolute atomic E-state index is 0.0314. The van der Waals surface area contributed by atoms with Gasteiger partial charge in [-0.1, -0.05) is 29.8 Å². The Morgan fingerprint density at radius 2 is 1.81 bits per heavy atom. The summed E-state index contributed by atoms with van der Waals surface area (Å²) in [6, 6.07) is 16.0. The summed E-state index contributed by atoms with van der Waals surface area (Å²) in [4.78, 5) is 27.3. The molecule has 2 fully saturated rings. The maximum atomic E-state index is 12.4. The van der Waals surface area contributed by atoms with Crippen LogP contribution in [0.25, 0.3) is 0 Å². The molecule has 2 heterocycles. The Hall–Kier alpha value is -2.57. The zero-order chi connectivity index (χ0) is 21.8. The molecule has 2 aliphatic rings. The van der Waals surface area contributed by atoms with Crippen molar-refractivity contribution in [3.05, 3.63) is 64.7 Å². The number of hydrogen-bond acceptors (Lipinski definition) is 4. The van der Waals surface area contributed by atoms with Crippen LogP contribution in [0.1, 0.15) is 41.6 Å². The molecule has 2 aromatic carbocycles. The Morgan fingerprint density at radius 1 is 1.10 bits per heavy atom. The molecule has 0 spiro atoms. The van der Waals surface area contributed by atoms with E-state index >= 15 is 0 Å². The van der Waals surface area contributed by atoms with Crippen LogP contribution in [0.5, 0.6) is 5.75 Å². The molecule has 4 rings (SSSR count). The molecule has 164 valence electrons. The van der Waals surface area contributed by atoms with Crippen LogP contribution in [-0.2, 0) is 11.3 Å². The van der Waals surface area contributed by atoms with Gasteiger partial charge in [0.05, 0.1) is 13.7 Å². The van der Waals surface area contributed by atoms with E-state index < -0.39 is 0 Å². The maximum Gasteiger partial charge on any atom is 0.251 e. The van der Waals surface area contributed by atoms with Crippen molar-refractivity contribution in [1.82, 2.24) is 15.5 Å². The van der Waals surface area contributed by atoms with Gasteiger partial charge < -0.3 is 15.4 Å². The van der Waals surface area contributed by atoms with E-state index in [0.717, 1.165) is 37.3 Å². The van der Waals surface area contributed by atoms with Crippen molar-refractivity contribution in [2.24, 2.45) is 0 Å². The number of carbonyl (C=O) groups excluding carboxylic acids is 2. The molecule has 31 heavy (non-hydrogen) atoms. The van der Waals surface area contributed by atoms with E-state index in [2.05, 4.69) is 27.7 Å². The third-order valence-electron chi connectivity index (χ3n) is 6.27. The first-order chi connectivity index (χ1) is 15.0. The number of benzene rings is 2. The van der Waals surface area contributed by atoms with Crippen LogP contribution in [0, 0.1) is 0 Å². The second-order valence-corrected chi connectivity index (χ2v) is 8.77. The van der Waals surface area contributed by atoms with Crippen molar-refractivity contribution >= 4 is 23.4 Å². The highest BCUT2D eigenvalue weighted by Crippen LogP contribution is 2.36. The molecule has 2 saturated heterocycles. The molecule has 2 unspecified atom stereocenters. The van der Waals surface area contributed by atoms with Crippen LogP contribution < -0.4 is 15.4 Å². The SMILES string of the molecule is COc1cccc(C(=O)NCC(=O)NC2CC3CCC(C2)N3Cc2ccc(Cl)cc2)c1. The van der Waals surface area contributed by atoms with Crippen LogP contribution in [0.3, 0.4) is 0 Å². The number of nitrogens with one attached hydrogen (secondary N) is 2. The van der Waals surface area contributed by atoms with Gasteiger partial charge in [-0.05, 0) is 61.6 Å². The first-order valence-electron chi connectivity index (χ1n) is 10.7. The normalized spacial score (nSPS) is 22.7. The molecule has 2 bridgehead atoms. The zero-order valence-electron chi connectivity index (χ0n) is 17.6. The van der Waals surface area contributed by atoms with Crippen LogP contribution in [0.4, 0.5) is 0 Å². The molecular weight excluding hydrogens is 414 g/mol. The van der Waals surface area contributed by atoms with Gasteiger partial charge >= 0.3 is 0 Å². The van der Waals surface area contributed by atoms with E-state index in [0.29, 0.717) is 23.4 Å². The van der Waals surface area contributed by atoms with Gasteiger partial charge in [0.25, 0.3) is 5.91 Å². The highest BCUT2D eigenvalue weighted by molar-refractivity contribution is 6.30. The smallest absolute Gasteiger partial charge is 0.251 e. The van der Waals surface area contributed by atoms with Gasteiger partial charge in [0.15, 0.2) is 0 Å². The van der Waals surface area contributed by atoms with Crippen LogP contribution in [-0.4, -0.2) is 48.5 Å². The number of rotatable bonds is 7. The lowest BCUT2D eigenvalue weighted by atomic mass is 9.96. The van der Waals surface area contributed by atoms with Crippen molar-refractivity contribution in [2.75, 3.05) is 13.7 Å². The minimum atomic E-state index is -0.285. The second kappa shape index (κ2) is 9.71. The Labute approximate surface area is 187 Å². The number of halogens is 1. The highest BCUT2D eigenvalue weighted by Gasteiger charge is 2.40. The van der Waals surface area contributed by atoms with E-state index in [1.54, 1.807) is 31.4 Å². The van der Waals surface area contributed by atoms with Gasteiger partial charge in [0.1, 0.15) is 5.75 Å². The molecule has 2 atom stereocenters. The Balaban J connectivity index is 1.25. The number of hydrogen-bond donors (Lipinski definition) is 2. The predicted octanol–water partition coefficient (Wildman–Crippen LogP) is 3.39. The summed E-state index contributed by atoms with van der Waals surface area (Å²) < 4.78 is 5.14. The van der Waals surface area contributed by atoms with E-state index in [1.165, 1.54) is 5.56 Å². The largest absolute Gasteiger partial charge is 0.497 e. The number of fused-ring (bicyclic) bond motifs is 2. The van der Waals surface area contributed by atoms with Crippen molar-refractivity contribution in [3.63, 3.8) is 0 Å².